The van der Waals surface area contributed by atoms with E-state index in [1.807, 2.05) is 25.7 Å². The molecule has 0 saturated heterocycles. The zero-order valence-electron chi connectivity index (χ0n) is 14.8. The molecule has 1 fully saturated rings. The van der Waals surface area contributed by atoms with Crippen molar-refractivity contribution in [3.05, 3.63) is 28.8 Å². The number of aryl methyl sites for hydroxylation is 1. The number of nitrogens with zero attached hydrogens (tertiary/aromatic N) is 2. The number of sulfonamides is 1. The Kier molecular flexibility index (Phi) is 4.87. The number of carbonyl (C=O) groups is 1. The number of benzene rings is 1. The third-order valence-electron chi connectivity index (χ3n) is 4.36. The Morgan fingerprint density at radius 1 is 1.17 bits per heavy atom. The molecule has 0 radical (unpaired) electrons. The van der Waals surface area contributed by atoms with Gasteiger partial charge in [-0.3, -0.25) is 4.79 Å². The van der Waals surface area contributed by atoms with Crippen LogP contribution in [0.2, 0.25) is 0 Å². The number of hydrogen-bond donors (Lipinski definition) is 0. The fourth-order valence-electron chi connectivity index (χ4n) is 2.74. The highest BCUT2D eigenvalue weighted by Gasteiger charge is 2.35. The lowest BCUT2D eigenvalue weighted by Gasteiger charge is -2.27. The van der Waals surface area contributed by atoms with Crippen molar-refractivity contribution in [2.24, 2.45) is 0 Å². The molecular formula is C17H26N2O3S. The number of amides is 1. The second-order valence-corrected chi connectivity index (χ2v) is 8.86. The molecule has 2 rings (SSSR count). The molecule has 0 bridgehead atoms. The summed E-state index contributed by atoms with van der Waals surface area (Å²) in [7, 11) is -0.568. The second-order valence-electron chi connectivity index (χ2n) is 6.74. The van der Waals surface area contributed by atoms with Crippen LogP contribution < -0.4 is 0 Å². The van der Waals surface area contributed by atoms with Gasteiger partial charge in [-0.1, -0.05) is 0 Å². The van der Waals surface area contributed by atoms with Crippen LogP contribution in [0, 0.1) is 13.8 Å². The molecule has 0 atom stereocenters. The van der Waals surface area contributed by atoms with Crippen molar-refractivity contribution in [3.8, 4) is 0 Å². The van der Waals surface area contributed by atoms with Crippen LogP contribution in [0.1, 0.15) is 48.2 Å². The number of carbonyl (C=O) groups excluding carboxylic acids is 1. The normalized spacial score (nSPS) is 15.3. The van der Waals surface area contributed by atoms with Gasteiger partial charge >= 0.3 is 0 Å². The molecule has 1 aromatic rings. The zero-order valence-corrected chi connectivity index (χ0v) is 15.6. The molecule has 0 aromatic heterocycles. The summed E-state index contributed by atoms with van der Waals surface area (Å²) in [6.07, 6.45) is 2.05. The van der Waals surface area contributed by atoms with Gasteiger partial charge in [-0.05, 0) is 63.8 Å². The summed E-state index contributed by atoms with van der Waals surface area (Å²) in [5.74, 6) is -0.0826. The van der Waals surface area contributed by atoms with E-state index in [-0.39, 0.29) is 22.9 Å². The highest BCUT2D eigenvalue weighted by Crippen LogP contribution is 2.31. The summed E-state index contributed by atoms with van der Waals surface area (Å²) in [4.78, 5) is 15.0. The Morgan fingerprint density at radius 2 is 1.74 bits per heavy atom. The predicted molar refractivity (Wildman–Crippen MR) is 91.1 cm³/mol. The van der Waals surface area contributed by atoms with Crippen molar-refractivity contribution in [3.63, 3.8) is 0 Å². The average Bonchev–Trinajstić information content (AvgIpc) is 3.25. The molecule has 1 amide bonds. The Labute approximate surface area is 139 Å². The first-order chi connectivity index (χ1) is 10.6. The summed E-state index contributed by atoms with van der Waals surface area (Å²) in [5.41, 5.74) is 1.96. The Morgan fingerprint density at radius 3 is 2.17 bits per heavy atom. The number of rotatable bonds is 5. The van der Waals surface area contributed by atoms with E-state index in [2.05, 4.69) is 0 Å². The monoisotopic (exact) mass is 338 g/mol. The van der Waals surface area contributed by atoms with E-state index in [1.165, 1.54) is 24.5 Å². The fourth-order valence-corrected chi connectivity index (χ4v) is 3.96. The first-order valence-corrected chi connectivity index (χ1v) is 9.37. The smallest absolute Gasteiger partial charge is 0.254 e. The van der Waals surface area contributed by atoms with E-state index in [0.717, 1.165) is 18.4 Å². The van der Waals surface area contributed by atoms with Gasteiger partial charge in [-0.15, -0.1) is 0 Å². The largest absolute Gasteiger partial charge is 0.333 e. The van der Waals surface area contributed by atoms with Gasteiger partial charge < -0.3 is 4.90 Å². The fraction of sp³-hybridized carbons (Fsp3) is 0.588. The lowest BCUT2D eigenvalue weighted by atomic mass is 10.0. The van der Waals surface area contributed by atoms with Crippen LogP contribution in [0.5, 0.6) is 0 Å². The maximum atomic E-state index is 12.9. The Balaban J connectivity index is 2.53. The molecule has 6 heteroatoms. The summed E-state index contributed by atoms with van der Waals surface area (Å²) < 4.78 is 26.2. The molecule has 0 N–H and O–H groups in total. The highest BCUT2D eigenvalue weighted by molar-refractivity contribution is 7.89. The van der Waals surface area contributed by atoms with Gasteiger partial charge in [-0.2, -0.15) is 0 Å². The SMILES string of the molecule is Cc1cc(C(=O)N(C(C)C)C2CC2)cc(S(=O)(=O)N(C)C)c1C. The van der Waals surface area contributed by atoms with Crippen LogP contribution in [0.4, 0.5) is 0 Å². The van der Waals surface area contributed by atoms with Crippen molar-refractivity contribution in [1.29, 1.82) is 0 Å². The quantitative estimate of drug-likeness (QED) is 0.829. The standard InChI is InChI=1S/C17H26N2O3S/c1-11(2)19(15-7-8-15)17(20)14-9-12(3)13(4)16(10-14)23(21,22)18(5)6/h9-11,15H,7-8H2,1-6H3. The molecule has 1 aliphatic carbocycles. The minimum Gasteiger partial charge on any atom is -0.333 e. The van der Waals surface area contributed by atoms with Crippen LogP contribution in [-0.2, 0) is 10.0 Å². The van der Waals surface area contributed by atoms with Gasteiger partial charge in [-0.25, -0.2) is 12.7 Å². The van der Waals surface area contributed by atoms with E-state index in [4.69, 9.17) is 0 Å². The maximum Gasteiger partial charge on any atom is 0.254 e. The summed E-state index contributed by atoms with van der Waals surface area (Å²) in [5, 5.41) is 0. The second kappa shape index (κ2) is 6.24. The summed E-state index contributed by atoms with van der Waals surface area (Å²) in [6.45, 7) is 7.61. The molecule has 1 aliphatic rings. The van der Waals surface area contributed by atoms with Gasteiger partial charge in [0.15, 0.2) is 0 Å². The Bertz CT molecular complexity index is 718. The van der Waals surface area contributed by atoms with Crippen molar-refractivity contribution in [2.75, 3.05) is 14.1 Å². The van der Waals surface area contributed by atoms with Gasteiger partial charge in [0.1, 0.15) is 0 Å². The molecular weight excluding hydrogens is 312 g/mol. The molecule has 5 nitrogen and oxygen atoms in total. The molecule has 0 unspecified atom stereocenters. The van der Waals surface area contributed by atoms with Gasteiger partial charge in [0.2, 0.25) is 10.0 Å². The van der Waals surface area contributed by atoms with Crippen LogP contribution in [-0.4, -0.2) is 49.7 Å². The van der Waals surface area contributed by atoms with Crippen LogP contribution in [0.15, 0.2) is 17.0 Å². The van der Waals surface area contributed by atoms with Crippen LogP contribution in [0.25, 0.3) is 0 Å². The molecule has 0 spiro atoms. The summed E-state index contributed by atoms with van der Waals surface area (Å²) >= 11 is 0. The van der Waals surface area contributed by atoms with Crippen LogP contribution in [0.3, 0.4) is 0 Å². The topological polar surface area (TPSA) is 57.7 Å². The minimum absolute atomic E-state index is 0.0826. The van der Waals surface area contributed by atoms with Gasteiger partial charge in [0.25, 0.3) is 5.91 Å². The predicted octanol–water partition coefficient (Wildman–Crippen LogP) is 2.57. The van der Waals surface area contributed by atoms with E-state index in [0.29, 0.717) is 11.1 Å². The molecule has 0 aliphatic heterocycles. The molecule has 1 aromatic carbocycles. The zero-order chi connectivity index (χ0) is 17.5. The summed E-state index contributed by atoms with van der Waals surface area (Å²) in [6, 6.07) is 3.71. The lowest BCUT2D eigenvalue weighted by Crippen LogP contribution is -2.39. The van der Waals surface area contributed by atoms with Crippen molar-refractivity contribution >= 4 is 15.9 Å². The van der Waals surface area contributed by atoms with E-state index in [1.54, 1.807) is 13.0 Å². The number of hydrogen-bond acceptors (Lipinski definition) is 3. The molecule has 128 valence electrons. The highest BCUT2D eigenvalue weighted by atomic mass is 32.2. The third-order valence-corrected chi connectivity index (χ3v) is 6.30. The van der Waals surface area contributed by atoms with E-state index in [9.17, 15) is 13.2 Å². The Hall–Kier alpha value is -1.40. The first-order valence-electron chi connectivity index (χ1n) is 7.93. The first kappa shape index (κ1) is 17.9. The maximum absolute atomic E-state index is 12.9. The van der Waals surface area contributed by atoms with Crippen molar-refractivity contribution in [1.82, 2.24) is 9.21 Å². The van der Waals surface area contributed by atoms with Gasteiger partial charge in [0.05, 0.1) is 4.90 Å². The van der Waals surface area contributed by atoms with Gasteiger partial charge in [0, 0.05) is 31.7 Å². The molecule has 0 heterocycles. The van der Waals surface area contributed by atoms with Crippen LogP contribution >= 0.6 is 0 Å². The van der Waals surface area contributed by atoms with E-state index >= 15 is 0 Å². The van der Waals surface area contributed by atoms with E-state index < -0.39 is 10.0 Å². The third kappa shape index (κ3) is 3.43. The molecule has 1 saturated carbocycles. The lowest BCUT2D eigenvalue weighted by molar-refractivity contribution is 0.0690. The van der Waals surface area contributed by atoms with Crippen molar-refractivity contribution < 1.29 is 13.2 Å². The average molecular weight is 338 g/mol. The minimum atomic E-state index is -3.57. The van der Waals surface area contributed by atoms with Crippen molar-refractivity contribution in [2.45, 2.75) is 57.5 Å². The molecule has 23 heavy (non-hydrogen) atoms.